The van der Waals surface area contributed by atoms with Gasteiger partial charge in [-0.2, -0.15) is 5.10 Å². The summed E-state index contributed by atoms with van der Waals surface area (Å²) >= 11 is 0. The van der Waals surface area contributed by atoms with Gasteiger partial charge in [-0.05, 0) is 32.1 Å². The number of anilines is 2. The second-order valence-corrected chi connectivity index (χ2v) is 15.7. The number of amides is 1. The number of hydrazone groups is 1. The van der Waals surface area contributed by atoms with Gasteiger partial charge in [0.15, 0.2) is 5.75 Å². The number of para-hydroxylation sites is 1. The van der Waals surface area contributed by atoms with Crippen molar-refractivity contribution in [3.63, 3.8) is 0 Å². The van der Waals surface area contributed by atoms with E-state index < -0.39 is 88.8 Å². The third-order valence-electron chi connectivity index (χ3n) is 11.5. The minimum Gasteiger partial charge on any atom is -0.507 e. The van der Waals surface area contributed by atoms with Gasteiger partial charge in [-0.1, -0.05) is 64.1 Å². The zero-order valence-corrected chi connectivity index (χ0v) is 35.5. The average molecular weight is 830 g/mol. The molecule has 322 valence electrons. The molecule has 0 radical (unpaired) electrons. The molecule has 6 N–H and O–H groups in total. The van der Waals surface area contributed by atoms with Gasteiger partial charge in [-0.3, -0.25) is 19.4 Å². The third-order valence-corrected chi connectivity index (χ3v) is 11.5. The van der Waals surface area contributed by atoms with Crippen LogP contribution in [0.5, 0.6) is 23.0 Å². The summed E-state index contributed by atoms with van der Waals surface area (Å²) in [6.45, 7) is 12.5. The van der Waals surface area contributed by atoms with E-state index in [4.69, 9.17) is 18.9 Å². The quantitative estimate of drug-likeness (QED) is 0.0554. The number of aromatic hydroxyl groups is 3. The summed E-state index contributed by atoms with van der Waals surface area (Å²) in [5.74, 6) is -8.57. The molecule has 15 nitrogen and oxygen atoms in total. The molecule has 60 heavy (non-hydrogen) atoms. The first kappa shape index (κ1) is 45.2. The molecule has 9 unspecified atom stereocenters. The van der Waals surface area contributed by atoms with Crippen LogP contribution in [-0.4, -0.2) is 93.8 Å². The summed E-state index contributed by atoms with van der Waals surface area (Å²) in [5.41, 5.74) is 0.150. The van der Waals surface area contributed by atoms with Crippen LogP contribution in [0, 0.1) is 30.6 Å². The molecule has 9 atom stereocenters. The lowest BCUT2D eigenvalue weighted by atomic mass is 9.78. The van der Waals surface area contributed by atoms with Crippen LogP contribution in [0.4, 0.5) is 11.4 Å². The van der Waals surface area contributed by atoms with Crippen molar-refractivity contribution in [2.24, 2.45) is 28.8 Å². The van der Waals surface area contributed by atoms with E-state index in [1.807, 2.05) is 6.07 Å². The Morgan fingerprint density at radius 1 is 0.933 bits per heavy atom. The van der Waals surface area contributed by atoms with Crippen LogP contribution in [0.3, 0.4) is 0 Å². The molecule has 0 saturated carbocycles. The van der Waals surface area contributed by atoms with Gasteiger partial charge in [0.05, 0.1) is 58.7 Å². The van der Waals surface area contributed by atoms with Crippen molar-refractivity contribution in [1.82, 2.24) is 0 Å². The van der Waals surface area contributed by atoms with E-state index in [1.54, 1.807) is 71.2 Å². The molecule has 3 aliphatic rings. The molecule has 3 aliphatic heterocycles. The number of ether oxygens (including phenoxy) is 4. The molecule has 0 saturated heterocycles. The number of carbonyl (C=O) groups is 3. The molecule has 3 aromatic rings. The molecular weight excluding hydrogens is 775 g/mol. The van der Waals surface area contributed by atoms with Crippen molar-refractivity contribution in [3.8, 4) is 23.0 Å². The van der Waals surface area contributed by atoms with Crippen LogP contribution in [0.25, 0.3) is 10.8 Å². The highest BCUT2D eigenvalue weighted by atomic mass is 16.7. The van der Waals surface area contributed by atoms with E-state index in [-0.39, 0.29) is 44.5 Å². The Morgan fingerprint density at radius 2 is 1.60 bits per heavy atom. The van der Waals surface area contributed by atoms with Gasteiger partial charge in [0.1, 0.15) is 23.4 Å². The predicted molar refractivity (Wildman–Crippen MR) is 226 cm³/mol. The van der Waals surface area contributed by atoms with Crippen LogP contribution in [0.1, 0.15) is 70.0 Å². The fraction of sp³-hybridized carbons (Fsp3) is 0.422. The Kier molecular flexibility index (Phi) is 13.7. The molecular formula is C45H55N3O12. The number of nitrogens with zero attached hydrogens (tertiary/aromatic N) is 2. The highest BCUT2D eigenvalue weighted by molar-refractivity contribution is 6.24. The van der Waals surface area contributed by atoms with Crippen LogP contribution in [0.15, 0.2) is 71.6 Å². The normalized spacial score (nSPS) is 28.8. The van der Waals surface area contributed by atoms with Crippen molar-refractivity contribution in [2.75, 3.05) is 24.5 Å². The van der Waals surface area contributed by atoms with Gasteiger partial charge in [0.2, 0.25) is 0 Å². The van der Waals surface area contributed by atoms with Gasteiger partial charge in [-0.25, -0.2) is 0 Å². The maximum atomic E-state index is 14.4. The number of esters is 1. The molecule has 15 heteroatoms. The fourth-order valence-corrected chi connectivity index (χ4v) is 7.73. The van der Waals surface area contributed by atoms with E-state index in [0.717, 1.165) is 0 Å². The Labute approximate surface area is 349 Å². The smallest absolute Gasteiger partial charge is 0.312 e. The lowest BCUT2D eigenvalue weighted by Crippen LogP contribution is -2.46. The minimum absolute atomic E-state index is 0.0387. The average Bonchev–Trinajstić information content (AvgIpc) is 3.49. The summed E-state index contributed by atoms with van der Waals surface area (Å²) in [6, 6.07) is 9.03. The lowest BCUT2D eigenvalue weighted by Gasteiger charge is -2.38. The zero-order chi connectivity index (χ0) is 44.4. The number of nitrogens with one attached hydrogen (secondary N) is 1. The van der Waals surface area contributed by atoms with Crippen LogP contribution >= 0.6 is 0 Å². The summed E-state index contributed by atoms with van der Waals surface area (Å²) < 4.78 is 23.6. The maximum Gasteiger partial charge on any atom is 0.312 e. The molecule has 1 amide bonds. The number of aliphatic hydroxyl groups is 2. The number of ketones is 1. The number of hydrogen-bond acceptors (Lipinski definition) is 14. The molecule has 5 bridgehead atoms. The summed E-state index contributed by atoms with van der Waals surface area (Å²) in [6.07, 6.45) is 4.68. The number of hydrogen-bond donors (Lipinski definition) is 6. The van der Waals surface area contributed by atoms with Crippen LogP contribution in [-0.2, 0) is 23.8 Å². The van der Waals surface area contributed by atoms with Gasteiger partial charge < -0.3 is 49.8 Å². The Morgan fingerprint density at radius 3 is 2.23 bits per heavy atom. The number of fused-ring (bicyclic) bond motifs is 14. The van der Waals surface area contributed by atoms with Crippen LogP contribution < -0.4 is 15.1 Å². The third kappa shape index (κ3) is 8.69. The summed E-state index contributed by atoms with van der Waals surface area (Å²) in [5, 5.41) is 66.5. The highest BCUT2D eigenvalue weighted by Crippen LogP contribution is 2.55. The van der Waals surface area contributed by atoms with Gasteiger partial charge in [0.25, 0.3) is 11.7 Å². The monoisotopic (exact) mass is 829 g/mol. The van der Waals surface area contributed by atoms with E-state index >= 15 is 0 Å². The molecule has 0 aliphatic carbocycles. The van der Waals surface area contributed by atoms with Gasteiger partial charge in [-0.15, -0.1) is 0 Å². The van der Waals surface area contributed by atoms with Crippen molar-refractivity contribution >= 4 is 46.0 Å². The summed E-state index contributed by atoms with van der Waals surface area (Å²) in [7, 11) is 3.08. The number of phenolic OH excluding ortho intramolecular Hbond substituents is 3. The maximum absolute atomic E-state index is 14.4. The molecule has 3 aromatic carbocycles. The number of carbonyl (C=O) groups excluding carboxylic acids is 3. The SMILES string of the molecule is COC1/C=C/OC2(C)Oc3c(C)c(O)c4c(O)c(c(/C=N/N(C)c5ccccc5)c(O)c4c3C2=O)NC(=O)C(C)=C/C=C/C(C)C(O)C(C)C(O)C(C)C(OC(C)=O)C1C. The second-order valence-electron chi connectivity index (χ2n) is 15.7. The number of rotatable bonds is 5. The first-order valence-electron chi connectivity index (χ1n) is 19.7. The minimum atomic E-state index is -2.06. The van der Waals surface area contributed by atoms with Crippen molar-refractivity contribution in [1.29, 1.82) is 0 Å². The molecule has 0 fully saturated rings. The first-order valence-corrected chi connectivity index (χ1v) is 19.7. The van der Waals surface area contributed by atoms with Crippen molar-refractivity contribution < 1.29 is 58.9 Å². The standard InChI is InChI=1S/C45H55N3O12/c1-22-15-14-16-23(2)44(56)47-35-30(21-46-48(9)29-17-12-11-13-18-29)39(53)32-33(40(35)54)38(52)27(6)42-34(32)43(55)45(8,60-42)58-20-19-31(57-10)24(3)41(59-28(7)49)26(5)37(51)25(4)36(22)50/h11-22,24-26,31,36-37,41,50-54H,1-10H3,(H,47,56)/b15-14+,20-19+,23-16?,46-21+. The Hall–Kier alpha value is -5.90. The number of Topliss-reactive ketones (excluding diaryl/α,β-unsaturated/α-hetero) is 1. The molecule has 3 heterocycles. The molecule has 0 spiro atoms. The number of benzene rings is 3. The number of phenols is 3. The Balaban J connectivity index is 1.73. The van der Waals surface area contributed by atoms with Gasteiger partial charge in [0, 0.05) is 68.2 Å². The van der Waals surface area contributed by atoms with E-state index in [2.05, 4.69) is 10.4 Å². The number of allylic oxidation sites excluding steroid dienone is 2. The largest absolute Gasteiger partial charge is 0.507 e. The highest BCUT2D eigenvalue weighted by Gasteiger charge is 2.50. The fourth-order valence-electron chi connectivity index (χ4n) is 7.73. The van der Waals surface area contributed by atoms with Crippen molar-refractivity contribution in [2.45, 2.75) is 85.6 Å². The van der Waals surface area contributed by atoms with E-state index in [9.17, 15) is 39.9 Å². The number of methoxy groups -OCH3 is 1. The first-order chi connectivity index (χ1) is 28.2. The zero-order valence-electron chi connectivity index (χ0n) is 35.5. The number of aliphatic hydroxyl groups excluding tert-OH is 2. The summed E-state index contributed by atoms with van der Waals surface area (Å²) in [4.78, 5) is 40.5. The lowest BCUT2D eigenvalue weighted by molar-refractivity contribution is -0.160. The molecule has 6 rings (SSSR count). The van der Waals surface area contributed by atoms with Gasteiger partial charge >= 0.3 is 11.8 Å². The van der Waals surface area contributed by atoms with Crippen LogP contribution in [0.2, 0.25) is 0 Å². The van der Waals surface area contributed by atoms with E-state index in [1.165, 1.54) is 64.4 Å². The van der Waals surface area contributed by atoms with Crippen molar-refractivity contribution in [3.05, 3.63) is 83.2 Å². The Bertz CT molecular complexity index is 2250. The topological polar surface area (TPSA) is 217 Å². The molecule has 0 aromatic heterocycles. The second kappa shape index (κ2) is 18.2. The predicted octanol–water partition coefficient (Wildman–Crippen LogP) is 6.22. The van der Waals surface area contributed by atoms with E-state index in [0.29, 0.717) is 5.69 Å².